The summed E-state index contributed by atoms with van der Waals surface area (Å²) in [5.41, 5.74) is -0.986. The summed E-state index contributed by atoms with van der Waals surface area (Å²) in [6, 6.07) is 5.88. The Morgan fingerprint density at radius 2 is 1.86 bits per heavy atom. The maximum atomic E-state index is 13.0. The maximum Gasteiger partial charge on any atom is 0.417 e. The van der Waals surface area contributed by atoms with Crippen LogP contribution in [-0.2, 0) is 11.0 Å². The number of carbonyl (C=O) groups is 2. The Morgan fingerprint density at radius 1 is 1.17 bits per heavy atom. The van der Waals surface area contributed by atoms with E-state index in [-0.39, 0.29) is 17.4 Å². The minimum Gasteiger partial charge on any atom is -0.459 e. The van der Waals surface area contributed by atoms with E-state index in [1.807, 2.05) is 4.90 Å². The maximum absolute atomic E-state index is 13.0. The van der Waals surface area contributed by atoms with Crippen molar-refractivity contribution in [3.8, 4) is 0 Å². The highest BCUT2D eigenvalue weighted by Crippen LogP contribution is 2.36. The lowest BCUT2D eigenvalue weighted by molar-refractivity contribution is -0.137. The van der Waals surface area contributed by atoms with Crippen LogP contribution in [0, 0.1) is 0 Å². The van der Waals surface area contributed by atoms with Gasteiger partial charge in [-0.3, -0.25) is 14.5 Å². The summed E-state index contributed by atoms with van der Waals surface area (Å²) in [5, 5.41) is 2.07. The Bertz CT molecular complexity index is 879. The monoisotopic (exact) mass is 429 g/mol. The van der Waals surface area contributed by atoms with Crippen LogP contribution in [0.2, 0.25) is 5.02 Å². The minimum atomic E-state index is -4.61. The fraction of sp³-hybridized carbons (Fsp3) is 0.368. The molecule has 1 aliphatic rings. The van der Waals surface area contributed by atoms with E-state index in [1.54, 1.807) is 24.0 Å². The molecule has 1 N–H and O–H groups in total. The number of alkyl halides is 3. The van der Waals surface area contributed by atoms with Gasteiger partial charge in [0.1, 0.15) is 0 Å². The van der Waals surface area contributed by atoms with E-state index >= 15 is 0 Å². The average molecular weight is 430 g/mol. The summed E-state index contributed by atoms with van der Waals surface area (Å²) in [4.78, 5) is 28.3. The Balaban J connectivity index is 1.58. The van der Waals surface area contributed by atoms with Gasteiger partial charge < -0.3 is 14.6 Å². The van der Waals surface area contributed by atoms with Crippen molar-refractivity contribution >= 4 is 29.1 Å². The van der Waals surface area contributed by atoms with Gasteiger partial charge >= 0.3 is 6.18 Å². The van der Waals surface area contributed by atoms with Crippen molar-refractivity contribution in [1.29, 1.82) is 0 Å². The van der Waals surface area contributed by atoms with Crippen molar-refractivity contribution < 1.29 is 27.2 Å². The fourth-order valence-corrected chi connectivity index (χ4v) is 3.33. The van der Waals surface area contributed by atoms with E-state index in [9.17, 15) is 22.8 Å². The number of amides is 2. The zero-order valence-corrected chi connectivity index (χ0v) is 16.3. The molecule has 2 amide bonds. The van der Waals surface area contributed by atoms with Gasteiger partial charge in [0, 0.05) is 31.9 Å². The summed E-state index contributed by atoms with van der Waals surface area (Å²) >= 11 is 5.60. The van der Waals surface area contributed by atoms with Crippen LogP contribution in [0.25, 0.3) is 0 Å². The van der Waals surface area contributed by atoms with Crippen molar-refractivity contribution in [1.82, 2.24) is 9.80 Å². The lowest BCUT2D eigenvalue weighted by atomic mass is 10.1. The molecular weight excluding hydrogens is 411 g/mol. The topological polar surface area (TPSA) is 65.8 Å². The van der Waals surface area contributed by atoms with Crippen molar-refractivity contribution in [3.63, 3.8) is 0 Å². The molecule has 1 unspecified atom stereocenters. The number of halogens is 4. The number of nitrogens with one attached hydrogen (secondary N) is 1. The van der Waals surface area contributed by atoms with Crippen molar-refractivity contribution in [3.05, 3.63) is 52.9 Å². The molecule has 1 saturated heterocycles. The Morgan fingerprint density at radius 3 is 2.45 bits per heavy atom. The van der Waals surface area contributed by atoms with Crippen molar-refractivity contribution in [2.75, 3.05) is 31.5 Å². The van der Waals surface area contributed by atoms with Gasteiger partial charge in [-0.1, -0.05) is 11.6 Å². The smallest absolute Gasteiger partial charge is 0.417 e. The van der Waals surface area contributed by atoms with Crippen LogP contribution < -0.4 is 5.32 Å². The first-order chi connectivity index (χ1) is 13.7. The van der Waals surface area contributed by atoms with Gasteiger partial charge in [0.2, 0.25) is 5.91 Å². The molecule has 1 aliphatic heterocycles. The van der Waals surface area contributed by atoms with Crippen LogP contribution >= 0.6 is 11.6 Å². The summed E-state index contributed by atoms with van der Waals surface area (Å²) < 4.78 is 44.0. The third kappa shape index (κ3) is 4.91. The average Bonchev–Trinajstić information content (AvgIpc) is 3.22. The Labute approximate surface area is 170 Å². The number of anilines is 1. The summed E-state index contributed by atoms with van der Waals surface area (Å²) in [6.07, 6.45) is -3.18. The molecule has 6 nitrogen and oxygen atoms in total. The molecule has 3 rings (SSSR count). The SMILES string of the molecule is CC(C(=O)Nc1ccc(Cl)c(C(F)(F)F)c1)N1CCN(C(=O)c2ccco2)CC1. The highest BCUT2D eigenvalue weighted by molar-refractivity contribution is 6.31. The first-order valence-electron chi connectivity index (χ1n) is 8.91. The fourth-order valence-electron chi connectivity index (χ4n) is 3.10. The van der Waals surface area contributed by atoms with Crippen LogP contribution in [0.5, 0.6) is 0 Å². The zero-order valence-electron chi connectivity index (χ0n) is 15.5. The van der Waals surface area contributed by atoms with Crippen LogP contribution in [0.15, 0.2) is 41.0 Å². The van der Waals surface area contributed by atoms with Crippen LogP contribution in [0.4, 0.5) is 18.9 Å². The second-order valence-corrected chi connectivity index (χ2v) is 7.07. The number of piperazine rings is 1. The molecule has 0 bridgehead atoms. The molecule has 10 heteroatoms. The number of benzene rings is 1. The molecule has 156 valence electrons. The van der Waals surface area contributed by atoms with Gasteiger partial charge in [-0.05, 0) is 37.3 Å². The number of rotatable bonds is 4. The molecule has 1 fully saturated rings. The molecule has 1 atom stereocenters. The summed E-state index contributed by atoms with van der Waals surface area (Å²) in [7, 11) is 0. The first-order valence-corrected chi connectivity index (χ1v) is 9.29. The highest BCUT2D eigenvalue weighted by atomic mass is 35.5. The third-order valence-corrected chi connectivity index (χ3v) is 5.13. The summed E-state index contributed by atoms with van der Waals surface area (Å²) in [6.45, 7) is 3.40. The predicted molar refractivity (Wildman–Crippen MR) is 101 cm³/mol. The lowest BCUT2D eigenvalue weighted by Crippen LogP contribution is -2.54. The Hall–Kier alpha value is -2.52. The van der Waals surface area contributed by atoms with E-state index < -0.39 is 28.7 Å². The van der Waals surface area contributed by atoms with Gasteiger partial charge in [0.15, 0.2) is 5.76 Å². The Kier molecular flexibility index (Phi) is 6.18. The molecule has 0 aliphatic carbocycles. The molecule has 0 saturated carbocycles. The molecule has 29 heavy (non-hydrogen) atoms. The van der Waals surface area contributed by atoms with Crippen molar-refractivity contribution in [2.24, 2.45) is 0 Å². The summed E-state index contributed by atoms with van der Waals surface area (Å²) in [5.74, 6) is -0.397. The van der Waals surface area contributed by atoms with Gasteiger partial charge in [0.25, 0.3) is 5.91 Å². The number of nitrogens with zero attached hydrogens (tertiary/aromatic N) is 2. The number of furan rings is 1. The number of hydrogen-bond acceptors (Lipinski definition) is 4. The second-order valence-electron chi connectivity index (χ2n) is 6.66. The molecular formula is C19H19ClF3N3O3. The molecule has 2 aromatic rings. The molecule has 0 radical (unpaired) electrons. The van der Waals surface area contributed by atoms with Crippen LogP contribution in [0.1, 0.15) is 23.0 Å². The largest absolute Gasteiger partial charge is 0.459 e. The molecule has 1 aromatic heterocycles. The molecule has 0 spiro atoms. The van der Waals surface area contributed by atoms with Crippen molar-refractivity contribution in [2.45, 2.75) is 19.1 Å². The van der Waals surface area contributed by atoms with E-state index in [4.69, 9.17) is 16.0 Å². The normalized spacial score (nSPS) is 16.5. The lowest BCUT2D eigenvalue weighted by Gasteiger charge is -2.37. The number of hydrogen-bond donors (Lipinski definition) is 1. The van der Waals surface area contributed by atoms with Gasteiger partial charge in [0.05, 0.1) is 22.9 Å². The van der Waals surface area contributed by atoms with Crippen LogP contribution in [-0.4, -0.2) is 53.8 Å². The van der Waals surface area contributed by atoms with E-state index in [2.05, 4.69) is 5.32 Å². The predicted octanol–water partition coefficient (Wildman–Crippen LogP) is 3.74. The zero-order chi connectivity index (χ0) is 21.2. The minimum absolute atomic E-state index is 0.0187. The van der Waals surface area contributed by atoms with Gasteiger partial charge in [-0.2, -0.15) is 13.2 Å². The standard InChI is InChI=1S/C19H19ClF3N3O3/c1-12(17(27)24-13-4-5-15(20)14(11-13)19(21,22)23)25-6-8-26(9-7-25)18(28)16-3-2-10-29-16/h2-5,10-12H,6-9H2,1H3,(H,24,27). The van der Waals surface area contributed by atoms with Gasteiger partial charge in [-0.15, -0.1) is 0 Å². The third-order valence-electron chi connectivity index (χ3n) is 4.80. The number of carbonyl (C=O) groups excluding carboxylic acids is 2. The molecule has 2 heterocycles. The molecule has 1 aromatic carbocycles. The second kappa shape index (κ2) is 8.46. The quantitative estimate of drug-likeness (QED) is 0.804. The van der Waals surface area contributed by atoms with Gasteiger partial charge in [-0.25, -0.2) is 0 Å². The van der Waals surface area contributed by atoms with E-state index in [0.29, 0.717) is 26.2 Å². The van der Waals surface area contributed by atoms with E-state index in [0.717, 1.165) is 12.1 Å². The van der Waals surface area contributed by atoms with E-state index in [1.165, 1.54) is 12.3 Å². The highest BCUT2D eigenvalue weighted by Gasteiger charge is 2.34. The van der Waals surface area contributed by atoms with Crippen LogP contribution in [0.3, 0.4) is 0 Å². The first kappa shape index (κ1) is 21.2.